The zero-order chi connectivity index (χ0) is 20.6. The van der Waals surface area contributed by atoms with Gasteiger partial charge in [0.05, 0.1) is 0 Å². The summed E-state index contributed by atoms with van der Waals surface area (Å²) in [6.07, 6.45) is 3.02. The third kappa shape index (κ3) is 6.75. The highest BCUT2D eigenvalue weighted by Gasteiger charge is 2.17. The molecule has 0 amide bonds. The van der Waals surface area contributed by atoms with Gasteiger partial charge in [-0.1, -0.05) is 62.4 Å². The largest absolute Gasteiger partial charge is 0.396 e. The summed E-state index contributed by atoms with van der Waals surface area (Å²) in [5.74, 6) is 1.31. The van der Waals surface area contributed by atoms with E-state index < -0.39 is 0 Å². The number of nitrogens with one attached hydrogen (secondary N) is 2. The fourth-order valence-electron chi connectivity index (χ4n) is 2.12. The van der Waals surface area contributed by atoms with E-state index in [-0.39, 0.29) is 12.0 Å². The van der Waals surface area contributed by atoms with Crippen molar-refractivity contribution >= 4 is 28.7 Å². The number of benzene rings is 1. The lowest BCUT2D eigenvalue weighted by Gasteiger charge is -2.22. The number of anilines is 2. The first-order valence-electron chi connectivity index (χ1n) is 8.79. The number of aliphatic hydroxyl groups excluding tert-OH is 1. The molecule has 1 aromatic heterocycles. The van der Waals surface area contributed by atoms with E-state index in [2.05, 4.69) is 37.2 Å². The highest BCUT2D eigenvalue weighted by Crippen LogP contribution is 2.20. The first kappa shape index (κ1) is 21.5. The van der Waals surface area contributed by atoms with Gasteiger partial charge < -0.3 is 15.7 Å². The number of aromatic nitrogens is 3. The van der Waals surface area contributed by atoms with Crippen LogP contribution in [0.5, 0.6) is 0 Å². The highest BCUT2D eigenvalue weighted by molar-refractivity contribution is 6.68. The molecule has 0 saturated heterocycles. The Morgan fingerprint density at radius 3 is 2.54 bits per heavy atom. The summed E-state index contributed by atoms with van der Waals surface area (Å²) in [5, 5.41) is 16.0. The molecule has 0 atom stereocenters. The Morgan fingerprint density at radius 1 is 1.21 bits per heavy atom. The number of rotatable bonds is 9. The first-order valence-corrected chi connectivity index (χ1v) is 9.16. The molecular weight excluding hydrogens is 376 g/mol. The van der Waals surface area contributed by atoms with Gasteiger partial charge in [0.25, 0.3) is 0 Å². The van der Waals surface area contributed by atoms with Crippen LogP contribution in [0.3, 0.4) is 0 Å². The molecule has 0 aliphatic carbocycles. The fraction of sp³-hybridized carbons (Fsp3) is 0.300. The molecule has 0 aliphatic rings. The molecule has 0 saturated carbocycles. The van der Waals surface area contributed by atoms with Gasteiger partial charge in [0.2, 0.25) is 11.9 Å². The average Bonchev–Trinajstić information content (AvgIpc) is 2.67. The maximum Gasteiger partial charge on any atom is 0.232 e. The summed E-state index contributed by atoms with van der Waals surface area (Å²) >= 11 is 5.99. The van der Waals surface area contributed by atoms with E-state index in [0.29, 0.717) is 35.1 Å². The zero-order valence-electron chi connectivity index (χ0n) is 16.3. The molecule has 0 fully saturated rings. The van der Waals surface area contributed by atoms with Gasteiger partial charge in [0.1, 0.15) is 5.17 Å². The Hall–Kier alpha value is -2.77. The van der Waals surface area contributed by atoms with Crippen molar-refractivity contribution in [3.05, 3.63) is 54.9 Å². The number of aliphatic hydroxyl groups is 1. The molecule has 3 N–H and O–H groups in total. The minimum Gasteiger partial charge on any atom is -0.396 e. The minimum absolute atomic E-state index is 0.0463. The molecule has 148 valence electrons. The fourth-order valence-corrected chi connectivity index (χ4v) is 2.35. The van der Waals surface area contributed by atoms with Crippen LogP contribution in [0.2, 0.25) is 0 Å². The van der Waals surface area contributed by atoms with Crippen molar-refractivity contribution in [2.24, 2.45) is 10.4 Å². The molecule has 2 aromatic rings. The normalized spacial score (nSPS) is 12.6. The Kier molecular flexibility index (Phi) is 7.66. The second-order valence-corrected chi connectivity index (χ2v) is 7.32. The van der Waals surface area contributed by atoms with E-state index in [9.17, 15) is 5.11 Å². The lowest BCUT2D eigenvalue weighted by atomic mass is 9.95. The summed E-state index contributed by atoms with van der Waals surface area (Å²) in [7, 11) is 0. The van der Waals surface area contributed by atoms with E-state index >= 15 is 0 Å². The van der Waals surface area contributed by atoms with E-state index in [4.69, 9.17) is 11.6 Å². The smallest absolute Gasteiger partial charge is 0.232 e. The highest BCUT2D eigenvalue weighted by atomic mass is 35.5. The van der Waals surface area contributed by atoms with Gasteiger partial charge in [0, 0.05) is 36.0 Å². The number of allylic oxidation sites excluding steroid dienone is 2. The predicted octanol–water partition coefficient (Wildman–Crippen LogP) is 4.07. The van der Waals surface area contributed by atoms with E-state index in [1.807, 2.05) is 51.1 Å². The van der Waals surface area contributed by atoms with Crippen molar-refractivity contribution in [1.82, 2.24) is 15.0 Å². The molecule has 0 spiro atoms. The van der Waals surface area contributed by atoms with Gasteiger partial charge in [-0.25, -0.2) is 4.99 Å². The van der Waals surface area contributed by atoms with Crippen molar-refractivity contribution in [1.29, 1.82) is 0 Å². The lowest BCUT2D eigenvalue weighted by molar-refractivity contribution is 0.170. The molecule has 28 heavy (non-hydrogen) atoms. The third-order valence-corrected chi connectivity index (χ3v) is 3.89. The van der Waals surface area contributed by atoms with Gasteiger partial charge >= 0.3 is 0 Å². The Labute approximate surface area is 170 Å². The zero-order valence-corrected chi connectivity index (χ0v) is 17.0. The monoisotopic (exact) mass is 400 g/mol. The number of hydrogen-bond donors (Lipinski definition) is 3. The second kappa shape index (κ2) is 9.96. The van der Waals surface area contributed by atoms with E-state index in [1.165, 1.54) is 6.20 Å². The van der Waals surface area contributed by atoms with Crippen molar-refractivity contribution in [3.8, 4) is 11.4 Å². The summed E-state index contributed by atoms with van der Waals surface area (Å²) in [6.45, 7) is 9.80. The van der Waals surface area contributed by atoms with Gasteiger partial charge in [-0.3, -0.25) is 0 Å². The van der Waals surface area contributed by atoms with Crippen LogP contribution >= 0.6 is 11.6 Å². The van der Waals surface area contributed by atoms with Gasteiger partial charge in [0.15, 0.2) is 5.82 Å². The van der Waals surface area contributed by atoms with Crippen molar-refractivity contribution in [2.75, 3.05) is 23.8 Å². The molecule has 0 aliphatic heterocycles. The minimum atomic E-state index is -0.308. The van der Waals surface area contributed by atoms with E-state index in [1.54, 1.807) is 6.08 Å². The molecule has 0 bridgehead atoms. The Bertz CT molecular complexity index is 864. The lowest BCUT2D eigenvalue weighted by Crippen LogP contribution is -2.27. The number of hydrogen-bond acceptors (Lipinski definition) is 7. The maximum absolute atomic E-state index is 9.46. The molecule has 0 radical (unpaired) electrons. The van der Waals surface area contributed by atoms with Crippen LogP contribution in [0.25, 0.3) is 11.4 Å². The predicted molar refractivity (Wildman–Crippen MR) is 115 cm³/mol. The molecular formula is C20H25ClN6O. The number of aliphatic imine (C=N–C) groups is 1. The number of nitrogens with zero attached hydrogens (tertiary/aromatic N) is 4. The van der Waals surface area contributed by atoms with Gasteiger partial charge in [-0.15, -0.1) is 0 Å². The average molecular weight is 401 g/mol. The van der Waals surface area contributed by atoms with Crippen molar-refractivity contribution in [3.63, 3.8) is 0 Å². The Morgan fingerprint density at radius 2 is 1.89 bits per heavy atom. The summed E-state index contributed by atoms with van der Waals surface area (Å²) < 4.78 is 0. The molecule has 8 heteroatoms. The van der Waals surface area contributed by atoms with Crippen LogP contribution in [-0.4, -0.2) is 38.4 Å². The van der Waals surface area contributed by atoms with Crippen LogP contribution in [0.1, 0.15) is 20.8 Å². The number of halogens is 1. The van der Waals surface area contributed by atoms with Crippen LogP contribution < -0.4 is 10.6 Å². The molecule has 0 unspecified atom stereocenters. The Balaban J connectivity index is 2.34. The summed E-state index contributed by atoms with van der Waals surface area (Å²) in [5.41, 5.74) is 1.27. The van der Waals surface area contributed by atoms with Crippen LogP contribution in [-0.2, 0) is 0 Å². The topological polar surface area (TPSA) is 95.3 Å². The SMILES string of the molecule is C=CN=C(Cl)/C=C(\C)Nc1nc(NCC(C)(C)CO)nc(-c2ccccc2)n1. The summed E-state index contributed by atoms with van der Waals surface area (Å²) in [6, 6.07) is 9.63. The van der Waals surface area contributed by atoms with Gasteiger partial charge in [-0.2, -0.15) is 15.0 Å². The first-order chi connectivity index (χ1) is 13.3. The molecule has 1 heterocycles. The van der Waals surface area contributed by atoms with Crippen LogP contribution in [0.15, 0.2) is 59.9 Å². The molecule has 1 aromatic carbocycles. The van der Waals surface area contributed by atoms with Crippen LogP contribution in [0.4, 0.5) is 11.9 Å². The van der Waals surface area contributed by atoms with Crippen LogP contribution in [0, 0.1) is 5.41 Å². The quantitative estimate of drug-likeness (QED) is 0.549. The van der Waals surface area contributed by atoms with Gasteiger partial charge in [-0.05, 0) is 13.0 Å². The van der Waals surface area contributed by atoms with Crippen molar-refractivity contribution in [2.45, 2.75) is 20.8 Å². The maximum atomic E-state index is 9.46. The van der Waals surface area contributed by atoms with E-state index in [0.717, 1.165) is 5.56 Å². The second-order valence-electron chi connectivity index (χ2n) is 6.93. The molecule has 2 rings (SSSR count). The third-order valence-electron chi connectivity index (χ3n) is 3.68. The molecule has 7 nitrogen and oxygen atoms in total. The standard InChI is InChI=1S/C20H25ClN6O/c1-5-22-16(21)11-14(2)24-19-26-17(15-9-7-6-8-10-15)25-18(27-19)23-12-20(3,4)13-28/h5-11,28H,1,12-13H2,2-4H3,(H2,23,24,25,26,27)/b14-11+,22-16?. The van der Waals surface area contributed by atoms with Crippen molar-refractivity contribution < 1.29 is 5.11 Å². The summed E-state index contributed by atoms with van der Waals surface area (Å²) in [4.78, 5) is 17.3.